The fourth-order valence-electron chi connectivity index (χ4n) is 1.86. The standard InChI is InChI=1S/C12H23N3O4/c1-9(2)10(11(16)17)14-12(18)13-3-4-15-5-7-19-8-6-15/h9-10H,3-8H2,1-2H3,(H,16,17)(H2,13,14,18)/t10-/m1/s1. The number of rotatable bonds is 6. The van der Waals surface area contributed by atoms with Crippen molar-refractivity contribution < 1.29 is 19.4 Å². The maximum atomic E-state index is 11.6. The van der Waals surface area contributed by atoms with Crippen molar-refractivity contribution in [1.29, 1.82) is 0 Å². The zero-order valence-electron chi connectivity index (χ0n) is 11.5. The molecule has 1 rings (SSSR count). The molecule has 0 aromatic heterocycles. The van der Waals surface area contributed by atoms with E-state index in [-0.39, 0.29) is 5.92 Å². The second kappa shape index (κ2) is 7.96. The fourth-order valence-corrected chi connectivity index (χ4v) is 1.86. The molecule has 0 unspecified atom stereocenters. The third kappa shape index (κ3) is 5.89. The molecule has 1 fully saturated rings. The molecule has 7 heteroatoms. The van der Waals surface area contributed by atoms with Gasteiger partial charge >= 0.3 is 12.0 Å². The first kappa shape index (κ1) is 15.7. The molecular formula is C12H23N3O4. The maximum Gasteiger partial charge on any atom is 0.326 e. The van der Waals surface area contributed by atoms with Crippen molar-refractivity contribution in [1.82, 2.24) is 15.5 Å². The van der Waals surface area contributed by atoms with Gasteiger partial charge in [0, 0.05) is 26.2 Å². The number of carboxylic acids is 1. The third-order valence-electron chi connectivity index (χ3n) is 3.04. The number of urea groups is 1. The lowest BCUT2D eigenvalue weighted by Crippen LogP contribution is -2.50. The van der Waals surface area contributed by atoms with Gasteiger partial charge in [0.1, 0.15) is 6.04 Å². The first-order chi connectivity index (χ1) is 9.00. The van der Waals surface area contributed by atoms with Crippen LogP contribution in [0.2, 0.25) is 0 Å². The summed E-state index contributed by atoms with van der Waals surface area (Å²) in [5, 5.41) is 14.1. The van der Waals surface area contributed by atoms with Crippen molar-refractivity contribution in [3.8, 4) is 0 Å². The molecule has 0 saturated carbocycles. The van der Waals surface area contributed by atoms with Crippen molar-refractivity contribution in [3.05, 3.63) is 0 Å². The van der Waals surface area contributed by atoms with Gasteiger partial charge in [0.2, 0.25) is 0 Å². The SMILES string of the molecule is CC(C)[C@@H](NC(=O)NCCN1CCOCC1)C(=O)O. The minimum atomic E-state index is -1.02. The number of hydrogen-bond donors (Lipinski definition) is 3. The van der Waals surface area contributed by atoms with Crippen molar-refractivity contribution in [2.24, 2.45) is 5.92 Å². The van der Waals surface area contributed by atoms with Gasteiger partial charge < -0.3 is 20.5 Å². The summed E-state index contributed by atoms with van der Waals surface area (Å²) in [4.78, 5) is 24.7. The molecule has 1 aliphatic heterocycles. The Kier molecular flexibility index (Phi) is 6.58. The highest BCUT2D eigenvalue weighted by Gasteiger charge is 2.23. The molecule has 1 aliphatic rings. The van der Waals surface area contributed by atoms with Crippen LogP contribution in [0.5, 0.6) is 0 Å². The number of amides is 2. The highest BCUT2D eigenvalue weighted by molar-refractivity contribution is 5.82. The van der Waals surface area contributed by atoms with Gasteiger partial charge in [-0.15, -0.1) is 0 Å². The van der Waals surface area contributed by atoms with Gasteiger partial charge in [0.25, 0.3) is 0 Å². The lowest BCUT2D eigenvalue weighted by Gasteiger charge is -2.26. The van der Waals surface area contributed by atoms with Crippen LogP contribution in [0.1, 0.15) is 13.8 Å². The summed E-state index contributed by atoms with van der Waals surface area (Å²) in [5.41, 5.74) is 0. The van der Waals surface area contributed by atoms with Crippen molar-refractivity contribution in [3.63, 3.8) is 0 Å². The smallest absolute Gasteiger partial charge is 0.326 e. The van der Waals surface area contributed by atoms with Gasteiger partial charge in [0.05, 0.1) is 13.2 Å². The van der Waals surface area contributed by atoms with E-state index in [1.165, 1.54) is 0 Å². The van der Waals surface area contributed by atoms with Crippen LogP contribution < -0.4 is 10.6 Å². The van der Waals surface area contributed by atoms with Gasteiger partial charge in [-0.05, 0) is 5.92 Å². The summed E-state index contributed by atoms with van der Waals surface area (Å²) in [6.07, 6.45) is 0. The maximum absolute atomic E-state index is 11.6. The molecule has 0 bridgehead atoms. The lowest BCUT2D eigenvalue weighted by atomic mass is 10.1. The van der Waals surface area contributed by atoms with Crippen molar-refractivity contribution in [2.75, 3.05) is 39.4 Å². The summed E-state index contributed by atoms with van der Waals surface area (Å²) in [6, 6.07) is -1.29. The van der Waals surface area contributed by atoms with E-state index in [4.69, 9.17) is 9.84 Å². The number of nitrogens with zero attached hydrogens (tertiary/aromatic N) is 1. The monoisotopic (exact) mass is 273 g/mol. The molecule has 0 aromatic rings. The minimum Gasteiger partial charge on any atom is -0.480 e. The van der Waals surface area contributed by atoms with Gasteiger partial charge in [-0.25, -0.2) is 9.59 Å². The largest absolute Gasteiger partial charge is 0.480 e. The first-order valence-corrected chi connectivity index (χ1v) is 6.58. The number of hydrogen-bond acceptors (Lipinski definition) is 4. The molecule has 1 heterocycles. The first-order valence-electron chi connectivity index (χ1n) is 6.58. The van der Waals surface area contributed by atoms with Crippen molar-refractivity contribution in [2.45, 2.75) is 19.9 Å². The van der Waals surface area contributed by atoms with Crippen LogP contribution in [0, 0.1) is 5.92 Å². The highest BCUT2D eigenvalue weighted by atomic mass is 16.5. The van der Waals surface area contributed by atoms with E-state index in [0.29, 0.717) is 6.54 Å². The van der Waals surface area contributed by atoms with Crippen LogP contribution in [0.15, 0.2) is 0 Å². The van der Waals surface area contributed by atoms with Crippen molar-refractivity contribution >= 4 is 12.0 Å². The average Bonchev–Trinajstić information content (AvgIpc) is 2.36. The Bertz CT molecular complexity index is 303. The van der Waals surface area contributed by atoms with Gasteiger partial charge in [-0.2, -0.15) is 0 Å². The van der Waals surface area contributed by atoms with Gasteiger partial charge in [-0.1, -0.05) is 13.8 Å². The van der Waals surface area contributed by atoms with Crippen LogP contribution >= 0.6 is 0 Å². The number of nitrogens with one attached hydrogen (secondary N) is 2. The van der Waals surface area contributed by atoms with E-state index >= 15 is 0 Å². The van der Waals surface area contributed by atoms with Gasteiger partial charge in [0.15, 0.2) is 0 Å². The molecule has 1 atom stereocenters. The molecule has 0 radical (unpaired) electrons. The van der Waals surface area contributed by atoms with Crippen LogP contribution in [-0.4, -0.2) is 67.4 Å². The van der Waals surface area contributed by atoms with E-state index in [2.05, 4.69) is 15.5 Å². The van der Waals surface area contributed by atoms with E-state index in [1.54, 1.807) is 13.8 Å². The second-order valence-corrected chi connectivity index (χ2v) is 4.91. The third-order valence-corrected chi connectivity index (χ3v) is 3.04. The lowest BCUT2D eigenvalue weighted by molar-refractivity contribution is -0.140. The number of carbonyl (C=O) groups excluding carboxylic acids is 1. The number of morpholine rings is 1. The number of carbonyl (C=O) groups is 2. The molecule has 0 spiro atoms. The molecule has 3 N–H and O–H groups in total. The number of ether oxygens (including phenoxy) is 1. The van der Waals surface area contributed by atoms with E-state index < -0.39 is 18.0 Å². The second-order valence-electron chi connectivity index (χ2n) is 4.91. The Hall–Kier alpha value is -1.34. The Labute approximate surface area is 113 Å². The zero-order valence-corrected chi connectivity index (χ0v) is 11.5. The predicted octanol–water partition coefficient (Wildman–Crippen LogP) is -0.273. The Morgan fingerprint density at radius 1 is 1.32 bits per heavy atom. The van der Waals surface area contributed by atoms with E-state index in [9.17, 15) is 9.59 Å². The average molecular weight is 273 g/mol. The van der Waals surface area contributed by atoms with Crippen LogP contribution in [-0.2, 0) is 9.53 Å². The molecular weight excluding hydrogens is 250 g/mol. The summed E-state index contributed by atoms with van der Waals surface area (Å²) in [5.74, 6) is -1.17. The topological polar surface area (TPSA) is 90.9 Å². The summed E-state index contributed by atoms with van der Waals surface area (Å²) >= 11 is 0. The van der Waals surface area contributed by atoms with Crippen LogP contribution in [0.3, 0.4) is 0 Å². The zero-order chi connectivity index (χ0) is 14.3. The Balaban J connectivity index is 2.21. The summed E-state index contributed by atoms with van der Waals surface area (Å²) in [7, 11) is 0. The normalized spacial score (nSPS) is 18.1. The summed E-state index contributed by atoms with van der Waals surface area (Å²) in [6.45, 7) is 7.94. The molecule has 0 aliphatic carbocycles. The van der Waals surface area contributed by atoms with E-state index in [0.717, 1.165) is 32.8 Å². The Morgan fingerprint density at radius 3 is 2.47 bits per heavy atom. The molecule has 110 valence electrons. The molecule has 19 heavy (non-hydrogen) atoms. The van der Waals surface area contributed by atoms with Crippen LogP contribution in [0.4, 0.5) is 4.79 Å². The molecule has 0 aromatic carbocycles. The predicted molar refractivity (Wildman–Crippen MR) is 70.1 cm³/mol. The van der Waals surface area contributed by atoms with E-state index in [1.807, 2.05) is 0 Å². The Morgan fingerprint density at radius 2 is 1.95 bits per heavy atom. The molecule has 1 saturated heterocycles. The molecule has 7 nitrogen and oxygen atoms in total. The highest BCUT2D eigenvalue weighted by Crippen LogP contribution is 2.01. The number of carboxylic acid groups (broad SMARTS) is 1. The van der Waals surface area contributed by atoms with Crippen LogP contribution in [0.25, 0.3) is 0 Å². The van der Waals surface area contributed by atoms with Gasteiger partial charge in [-0.3, -0.25) is 4.90 Å². The quantitative estimate of drug-likeness (QED) is 0.619. The number of aliphatic carboxylic acids is 1. The summed E-state index contributed by atoms with van der Waals surface area (Å²) < 4.78 is 5.23. The minimum absolute atomic E-state index is 0.150. The molecule has 2 amide bonds. The fraction of sp³-hybridized carbons (Fsp3) is 0.833.